The van der Waals surface area contributed by atoms with E-state index in [1.807, 2.05) is 35.0 Å². The van der Waals surface area contributed by atoms with E-state index in [1.165, 1.54) is 22.3 Å². The number of ether oxygens (including phenoxy) is 1. The maximum absolute atomic E-state index is 6.97. The van der Waals surface area contributed by atoms with Gasteiger partial charge in [-0.1, -0.05) is 66.7 Å². The minimum Gasteiger partial charge on any atom is -0.472 e. The number of pyridine rings is 1. The van der Waals surface area contributed by atoms with Crippen LogP contribution in [-0.2, 0) is 5.60 Å². The second kappa shape index (κ2) is 5.15. The topological polar surface area (TPSA) is 26.5 Å². The Bertz CT molecular complexity index is 1400. The van der Waals surface area contributed by atoms with Crippen molar-refractivity contribution < 1.29 is 4.74 Å². The van der Waals surface area contributed by atoms with Crippen molar-refractivity contribution in [2.45, 2.75) is 5.60 Å². The molecule has 3 heterocycles. The average Bonchev–Trinajstić information content (AvgIpc) is 3.30. The van der Waals surface area contributed by atoms with E-state index in [0.717, 1.165) is 28.1 Å². The Morgan fingerprint density at radius 2 is 1.28 bits per heavy atom. The van der Waals surface area contributed by atoms with E-state index in [4.69, 9.17) is 9.84 Å². The average molecular weight is 372 g/mol. The summed E-state index contributed by atoms with van der Waals surface area (Å²) < 4.78 is 8.95. The standard InChI is InChI=1S/C26H16N2O/c1-4-12-20-17(9-1)18-10-2-5-13-21(18)26(20)24-22-14-7-8-16-28(22)27-25(24)19-11-3-6-15-23(19)29-26/h1-16H. The number of nitrogens with zero attached hydrogens (tertiary/aromatic N) is 2. The van der Waals surface area contributed by atoms with Crippen molar-refractivity contribution in [1.29, 1.82) is 0 Å². The third kappa shape index (κ3) is 1.71. The summed E-state index contributed by atoms with van der Waals surface area (Å²) in [6.07, 6.45) is 2.01. The van der Waals surface area contributed by atoms with Crippen LogP contribution in [0.25, 0.3) is 27.9 Å². The third-order valence-corrected chi connectivity index (χ3v) is 6.20. The van der Waals surface area contributed by atoms with Crippen LogP contribution in [0, 0.1) is 0 Å². The molecule has 0 saturated heterocycles. The van der Waals surface area contributed by atoms with Crippen molar-refractivity contribution in [3.63, 3.8) is 0 Å². The Balaban J connectivity index is 1.72. The molecular formula is C26H16N2O. The molecule has 5 aromatic rings. The first-order valence-electron chi connectivity index (χ1n) is 9.83. The minimum atomic E-state index is -0.708. The highest BCUT2D eigenvalue weighted by molar-refractivity contribution is 5.90. The summed E-state index contributed by atoms with van der Waals surface area (Å²) in [6.45, 7) is 0. The molecule has 1 aliphatic heterocycles. The molecule has 1 aliphatic carbocycles. The van der Waals surface area contributed by atoms with E-state index in [2.05, 4.69) is 66.7 Å². The van der Waals surface area contributed by atoms with Gasteiger partial charge >= 0.3 is 0 Å². The minimum absolute atomic E-state index is 0.708. The van der Waals surface area contributed by atoms with Crippen molar-refractivity contribution in [2.24, 2.45) is 0 Å². The van der Waals surface area contributed by atoms with Gasteiger partial charge in [-0.2, -0.15) is 5.10 Å². The second-order valence-electron chi connectivity index (χ2n) is 7.62. The molecule has 0 saturated carbocycles. The highest BCUT2D eigenvalue weighted by Crippen LogP contribution is 2.59. The zero-order valence-electron chi connectivity index (χ0n) is 15.5. The molecule has 3 nitrogen and oxygen atoms in total. The lowest BCUT2D eigenvalue weighted by atomic mass is 9.80. The number of hydrogen-bond donors (Lipinski definition) is 0. The fourth-order valence-electron chi connectivity index (χ4n) is 5.08. The molecule has 0 amide bonds. The molecule has 0 N–H and O–H groups in total. The number of rotatable bonds is 0. The van der Waals surface area contributed by atoms with Crippen LogP contribution < -0.4 is 4.74 Å². The van der Waals surface area contributed by atoms with Crippen molar-refractivity contribution in [1.82, 2.24) is 9.61 Å². The van der Waals surface area contributed by atoms with Crippen LogP contribution in [0.2, 0.25) is 0 Å². The molecule has 0 radical (unpaired) electrons. The molecule has 0 atom stereocenters. The lowest BCUT2D eigenvalue weighted by molar-refractivity contribution is 0.158. The highest BCUT2D eigenvalue weighted by Gasteiger charge is 2.52. The van der Waals surface area contributed by atoms with Crippen LogP contribution in [0.3, 0.4) is 0 Å². The fraction of sp³-hybridized carbons (Fsp3) is 0.0385. The summed E-state index contributed by atoms with van der Waals surface area (Å²) in [5, 5.41) is 5.00. The molecule has 0 unspecified atom stereocenters. The summed E-state index contributed by atoms with van der Waals surface area (Å²) in [5.41, 5.74) is 8.32. The van der Waals surface area contributed by atoms with E-state index < -0.39 is 5.60 Å². The number of hydrogen-bond acceptors (Lipinski definition) is 2. The van der Waals surface area contributed by atoms with Gasteiger partial charge in [-0.05, 0) is 35.4 Å². The largest absolute Gasteiger partial charge is 0.472 e. The van der Waals surface area contributed by atoms with Crippen LogP contribution in [0.4, 0.5) is 0 Å². The SMILES string of the molecule is c1ccc2c(c1)OC1(c3ccccc3-c3ccccc31)c1c-2nn2ccccc12. The molecule has 1 spiro atoms. The molecule has 2 aromatic heterocycles. The van der Waals surface area contributed by atoms with Crippen LogP contribution >= 0.6 is 0 Å². The Hall–Kier alpha value is -3.85. The zero-order valence-corrected chi connectivity index (χ0v) is 15.5. The van der Waals surface area contributed by atoms with E-state index in [0.29, 0.717) is 0 Å². The van der Waals surface area contributed by atoms with E-state index >= 15 is 0 Å². The number of aromatic nitrogens is 2. The van der Waals surface area contributed by atoms with Crippen molar-refractivity contribution in [3.8, 4) is 28.1 Å². The Kier molecular flexibility index (Phi) is 2.68. The summed E-state index contributed by atoms with van der Waals surface area (Å²) in [5.74, 6) is 0.870. The molecule has 136 valence electrons. The first-order valence-corrected chi connectivity index (χ1v) is 9.83. The Morgan fingerprint density at radius 3 is 2.03 bits per heavy atom. The predicted octanol–water partition coefficient (Wildman–Crippen LogP) is 5.67. The summed E-state index contributed by atoms with van der Waals surface area (Å²) in [6, 6.07) is 31.6. The van der Waals surface area contributed by atoms with Crippen molar-refractivity contribution in [2.75, 3.05) is 0 Å². The third-order valence-electron chi connectivity index (χ3n) is 6.20. The smallest absolute Gasteiger partial charge is 0.190 e. The van der Waals surface area contributed by atoms with Gasteiger partial charge < -0.3 is 4.74 Å². The normalized spacial score (nSPS) is 14.8. The molecule has 0 bridgehead atoms. The summed E-state index contributed by atoms with van der Waals surface area (Å²) in [7, 11) is 0. The second-order valence-corrected chi connectivity index (χ2v) is 7.62. The van der Waals surface area contributed by atoms with Gasteiger partial charge in [0.2, 0.25) is 0 Å². The first kappa shape index (κ1) is 15.1. The molecule has 0 fully saturated rings. The molecule has 3 heteroatoms. The number of para-hydroxylation sites is 1. The molecule has 7 rings (SSSR count). The van der Waals surface area contributed by atoms with Gasteiger partial charge in [-0.15, -0.1) is 0 Å². The molecule has 3 aromatic carbocycles. The van der Waals surface area contributed by atoms with Crippen LogP contribution in [0.15, 0.2) is 97.2 Å². The van der Waals surface area contributed by atoms with Gasteiger partial charge in [0, 0.05) is 22.9 Å². The highest BCUT2D eigenvalue weighted by atomic mass is 16.5. The maximum Gasteiger partial charge on any atom is 0.190 e. The monoisotopic (exact) mass is 372 g/mol. The van der Waals surface area contributed by atoms with E-state index in [9.17, 15) is 0 Å². The zero-order chi connectivity index (χ0) is 19.0. The predicted molar refractivity (Wildman–Crippen MR) is 113 cm³/mol. The molecular weight excluding hydrogens is 356 g/mol. The number of benzene rings is 3. The molecule has 29 heavy (non-hydrogen) atoms. The van der Waals surface area contributed by atoms with Crippen LogP contribution in [-0.4, -0.2) is 9.61 Å². The summed E-state index contributed by atoms with van der Waals surface area (Å²) in [4.78, 5) is 0. The number of fused-ring (bicyclic) bond motifs is 11. The summed E-state index contributed by atoms with van der Waals surface area (Å²) >= 11 is 0. The lowest BCUT2D eigenvalue weighted by Crippen LogP contribution is -2.36. The fourth-order valence-corrected chi connectivity index (χ4v) is 5.08. The van der Waals surface area contributed by atoms with Crippen LogP contribution in [0.5, 0.6) is 5.75 Å². The lowest BCUT2D eigenvalue weighted by Gasteiger charge is -2.37. The van der Waals surface area contributed by atoms with Crippen LogP contribution in [0.1, 0.15) is 16.7 Å². The quantitative estimate of drug-likeness (QED) is 0.350. The molecule has 2 aliphatic rings. The van der Waals surface area contributed by atoms with E-state index in [1.54, 1.807) is 0 Å². The van der Waals surface area contributed by atoms with Gasteiger partial charge in [-0.3, -0.25) is 0 Å². The van der Waals surface area contributed by atoms with E-state index in [-0.39, 0.29) is 0 Å². The van der Waals surface area contributed by atoms with Crippen molar-refractivity contribution in [3.05, 3.63) is 114 Å². The van der Waals surface area contributed by atoms with Gasteiger partial charge in [0.1, 0.15) is 11.4 Å². The maximum atomic E-state index is 6.97. The Morgan fingerprint density at radius 1 is 0.655 bits per heavy atom. The van der Waals surface area contributed by atoms with Gasteiger partial charge in [0.25, 0.3) is 0 Å². The Labute approximate surface area is 167 Å². The van der Waals surface area contributed by atoms with Gasteiger partial charge in [0.15, 0.2) is 5.60 Å². The first-order chi connectivity index (χ1) is 14.4. The van der Waals surface area contributed by atoms with Gasteiger partial charge in [-0.25, -0.2) is 4.52 Å². The van der Waals surface area contributed by atoms with Gasteiger partial charge in [0.05, 0.1) is 11.1 Å². The van der Waals surface area contributed by atoms with Crippen molar-refractivity contribution >= 4 is 5.52 Å².